The van der Waals surface area contributed by atoms with Crippen LogP contribution in [0.2, 0.25) is 0 Å². The third-order valence-electron chi connectivity index (χ3n) is 5.55. The van der Waals surface area contributed by atoms with E-state index < -0.39 is 24.5 Å². The number of morpholine rings is 1. The number of fused-ring (bicyclic) bond motifs is 1. The van der Waals surface area contributed by atoms with Gasteiger partial charge in [-0.25, -0.2) is 15.4 Å². The number of amides is 1. The molecule has 0 spiro atoms. The van der Waals surface area contributed by atoms with Crippen LogP contribution in [0.3, 0.4) is 0 Å². The second-order valence-electron chi connectivity index (χ2n) is 7.98. The van der Waals surface area contributed by atoms with E-state index >= 15 is 0 Å². The van der Waals surface area contributed by atoms with Crippen molar-refractivity contribution in [2.24, 2.45) is 5.10 Å². The number of halogens is 3. The molecule has 1 aliphatic heterocycles. The number of carbonyl (C=O) groups is 1. The van der Waals surface area contributed by atoms with Gasteiger partial charge in [-0.1, -0.05) is 53.8 Å². The molecule has 8 nitrogen and oxygen atoms in total. The summed E-state index contributed by atoms with van der Waals surface area (Å²) in [7, 11) is 0. The molecule has 12 heteroatoms. The van der Waals surface area contributed by atoms with Crippen LogP contribution < -0.4 is 10.3 Å². The summed E-state index contributed by atoms with van der Waals surface area (Å²) in [6.45, 7) is 2.08. The zero-order chi connectivity index (χ0) is 25.1. The van der Waals surface area contributed by atoms with Crippen molar-refractivity contribution < 1.29 is 22.7 Å². The molecule has 36 heavy (non-hydrogen) atoms. The molecule has 1 amide bonds. The van der Waals surface area contributed by atoms with Crippen molar-refractivity contribution >= 4 is 39.6 Å². The second-order valence-corrected chi connectivity index (χ2v) is 8.99. The minimum absolute atomic E-state index is 0.161. The van der Waals surface area contributed by atoms with Gasteiger partial charge in [0.25, 0.3) is 5.91 Å². The minimum Gasteiger partial charge on any atom is -0.378 e. The van der Waals surface area contributed by atoms with E-state index in [0.717, 1.165) is 28.4 Å². The number of nitrogens with one attached hydrogen (secondary N) is 1. The van der Waals surface area contributed by atoms with Gasteiger partial charge < -0.3 is 14.2 Å². The summed E-state index contributed by atoms with van der Waals surface area (Å²) in [5.41, 5.74) is 4.31. The van der Waals surface area contributed by atoms with E-state index in [4.69, 9.17) is 9.72 Å². The van der Waals surface area contributed by atoms with Crippen LogP contribution in [0, 0.1) is 0 Å². The fourth-order valence-electron chi connectivity index (χ4n) is 3.89. The lowest BCUT2D eigenvalue weighted by atomic mass is 10.1. The predicted molar refractivity (Wildman–Crippen MR) is 131 cm³/mol. The van der Waals surface area contributed by atoms with Gasteiger partial charge in [0.2, 0.25) is 5.82 Å². The molecule has 3 heterocycles. The topological polar surface area (TPSA) is 84.6 Å². The summed E-state index contributed by atoms with van der Waals surface area (Å²) in [5.74, 6) is -1.84. The number of para-hydroxylation sites is 2. The molecule has 186 valence electrons. The van der Waals surface area contributed by atoms with Crippen molar-refractivity contribution in [2.45, 2.75) is 12.7 Å². The fraction of sp³-hybridized carbons (Fsp3) is 0.250. The Balaban J connectivity index is 1.37. The number of alkyl halides is 3. The van der Waals surface area contributed by atoms with E-state index in [2.05, 4.69) is 20.4 Å². The third-order valence-corrected chi connectivity index (χ3v) is 6.60. The highest BCUT2D eigenvalue weighted by atomic mass is 32.1. The Labute approximate surface area is 208 Å². The van der Waals surface area contributed by atoms with Gasteiger partial charge in [-0.05, 0) is 12.1 Å². The summed E-state index contributed by atoms with van der Waals surface area (Å²) >= 11 is 1.42. The number of nitrogens with zero attached hydrogens (tertiary/aromatic N) is 5. The molecule has 0 atom stereocenters. The zero-order valence-electron chi connectivity index (χ0n) is 18.9. The van der Waals surface area contributed by atoms with Gasteiger partial charge >= 0.3 is 6.18 Å². The Bertz CT molecular complexity index is 1390. The van der Waals surface area contributed by atoms with Gasteiger partial charge in [0.15, 0.2) is 5.13 Å². The van der Waals surface area contributed by atoms with Gasteiger partial charge in [-0.3, -0.25) is 4.79 Å². The van der Waals surface area contributed by atoms with E-state index in [9.17, 15) is 18.0 Å². The summed E-state index contributed by atoms with van der Waals surface area (Å²) in [4.78, 5) is 23.8. The molecule has 0 bridgehead atoms. The quantitative estimate of drug-likeness (QED) is 0.309. The molecule has 4 aromatic rings. The van der Waals surface area contributed by atoms with Crippen LogP contribution >= 0.6 is 11.3 Å². The molecule has 5 rings (SSSR count). The number of aromatic nitrogens is 3. The summed E-state index contributed by atoms with van der Waals surface area (Å²) in [6.07, 6.45) is -3.23. The van der Waals surface area contributed by atoms with Crippen LogP contribution in [0.1, 0.15) is 10.7 Å². The summed E-state index contributed by atoms with van der Waals surface area (Å²) < 4.78 is 46.8. The molecule has 1 saturated heterocycles. The van der Waals surface area contributed by atoms with Crippen molar-refractivity contribution in [3.8, 4) is 11.3 Å². The maximum atomic E-state index is 13.5. The van der Waals surface area contributed by atoms with Crippen LogP contribution in [0.15, 0.2) is 59.7 Å². The Morgan fingerprint density at radius 2 is 1.81 bits per heavy atom. The lowest BCUT2D eigenvalue weighted by Crippen LogP contribution is -2.36. The highest BCUT2D eigenvalue weighted by Crippen LogP contribution is 2.33. The average molecular weight is 515 g/mol. The molecule has 1 N–H and O–H groups in total. The normalized spacial score (nSPS) is 14.6. The van der Waals surface area contributed by atoms with Crippen molar-refractivity contribution in [1.29, 1.82) is 0 Å². The lowest BCUT2D eigenvalue weighted by molar-refractivity contribution is -0.147. The Kier molecular flexibility index (Phi) is 6.70. The molecule has 2 aromatic carbocycles. The van der Waals surface area contributed by atoms with Crippen molar-refractivity contribution in [3.05, 3.63) is 65.3 Å². The van der Waals surface area contributed by atoms with E-state index in [1.54, 1.807) is 12.1 Å². The smallest absolute Gasteiger partial charge is 0.378 e. The highest BCUT2D eigenvalue weighted by Gasteiger charge is 2.38. The predicted octanol–water partition coefficient (Wildman–Crippen LogP) is 4.17. The number of carbonyl (C=O) groups excluding carboxylic acids is 1. The number of anilines is 1. The molecule has 0 radical (unpaired) electrons. The Morgan fingerprint density at radius 3 is 2.56 bits per heavy atom. The number of hydrogen-bond donors (Lipinski definition) is 1. The molecule has 0 unspecified atom stereocenters. The first-order chi connectivity index (χ1) is 17.4. The second kappa shape index (κ2) is 10.1. The van der Waals surface area contributed by atoms with E-state index in [1.807, 2.05) is 30.3 Å². The first-order valence-corrected chi connectivity index (χ1v) is 11.9. The standard InChI is InChI=1S/C24H21F3N6O2S/c25-24(26,27)22-29-17-8-4-5-9-18(17)33(22)15-20(34)31-28-14-19-21(16-6-2-1-3-7-16)30-23(36-19)32-10-12-35-13-11-32/h1-9,14H,10-13,15H2,(H,31,34)/b28-14+. The number of ether oxygens (including phenoxy) is 1. The molecule has 2 aromatic heterocycles. The molecule has 1 aliphatic rings. The van der Waals surface area contributed by atoms with Gasteiger partial charge in [0, 0.05) is 18.7 Å². The first kappa shape index (κ1) is 23.9. The SMILES string of the molecule is O=C(Cn1c(C(F)(F)F)nc2ccccc21)N/N=C/c1sc(N2CCOCC2)nc1-c1ccccc1. The van der Waals surface area contributed by atoms with Crippen molar-refractivity contribution in [3.63, 3.8) is 0 Å². The van der Waals surface area contributed by atoms with Crippen molar-refractivity contribution in [2.75, 3.05) is 31.2 Å². The molecule has 1 fully saturated rings. The fourth-order valence-corrected chi connectivity index (χ4v) is 4.91. The summed E-state index contributed by atoms with van der Waals surface area (Å²) in [5, 5.41) is 4.84. The number of hydrazone groups is 1. The minimum atomic E-state index is -4.70. The van der Waals surface area contributed by atoms with E-state index in [1.165, 1.54) is 29.7 Å². The summed E-state index contributed by atoms with van der Waals surface area (Å²) in [6, 6.07) is 15.7. The Hall–Kier alpha value is -3.77. The molecular weight excluding hydrogens is 493 g/mol. The number of thiazole rings is 1. The van der Waals surface area contributed by atoms with Crippen molar-refractivity contribution in [1.82, 2.24) is 20.0 Å². The number of imidazole rings is 1. The molecule has 0 aliphatic carbocycles. The largest absolute Gasteiger partial charge is 0.449 e. The van der Waals surface area contributed by atoms with Crippen LogP contribution in [0.5, 0.6) is 0 Å². The average Bonchev–Trinajstić information content (AvgIpc) is 3.47. The van der Waals surface area contributed by atoms with Gasteiger partial charge in [-0.15, -0.1) is 0 Å². The maximum Gasteiger partial charge on any atom is 0.449 e. The maximum absolute atomic E-state index is 13.5. The zero-order valence-corrected chi connectivity index (χ0v) is 19.7. The van der Waals surface area contributed by atoms with Gasteiger partial charge in [0.1, 0.15) is 6.54 Å². The molecule has 0 saturated carbocycles. The highest BCUT2D eigenvalue weighted by molar-refractivity contribution is 7.17. The first-order valence-electron chi connectivity index (χ1n) is 11.1. The molecular formula is C24H21F3N6O2S. The number of benzene rings is 2. The van der Waals surface area contributed by atoms with Gasteiger partial charge in [0.05, 0.1) is 41.0 Å². The third kappa shape index (κ3) is 5.09. The van der Waals surface area contributed by atoms with Crippen LogP contribution in [-0.4, -0.2) is 53.0 Å². The Morgan fingerprint density at radius 1 is 1.08 bits per heavy atom. The lowest BCUT2D eigenvalue weighted by Gasteiger charge is -2.26. The number of hydrogen-bond acceptors (Lipinski definition) is 7. The van der Waals surface area contributed by atoms with Crippen LogP contribution in [0.4, 0.5) is 18.3 Å². The monoisotopic (exact) mass is 514 g/mol. The van der Waals surface area contributed by atoms with E-state index in [-0.39, 0.29) is 11.0 Å². The van der Waals surface area contributed by atoms with E-state index in [0.29, 0.717) is 23.8 Å². The van der Waals surface area contributed by atoms with Crippen LogP contribution in [-0.2, 0) is 22.3 Å². The van der Waals surface area contributed by atoms with Gasteiger partial charge in [-0.2, -0.15) is 18.3 Å². The van der Waals surface area contributed by atoms with Crippen LogP contribution in [0.25, 0.3) is 22.3 Å². The number of rotatable bonds is 6.